The van der Waals surface area contributed by atoms with Gasteiger partial charge in [-0.25, -0.2) is 19.3 Å². The van der Waals surface area contributed by atoms with Crippen LogP contribution in [0.3, 0.4) is 0 Å². The number of carbonyl (C=O) groups excluding carboxylic acids is 1. The van der Waals surface area contributed by atoms with Crippen molar-refractivity contribution in [1.29, 1.82) is 0 Å². The molecule has 1 aromatic carbocycles. The molecule has 4 aromatic rings. The number of aryl methyl sites for hydroxylation is 1. The summed E-state index contributed by atoms with van der Waals surface area (Å²) >= 11 is 0. The van der Waals surface area contributed by atoms with Crippen LogP contribution >= 0.6 is 0 Å². The quantitative estimate of drug-likeness (QED) is 0.302. The molecule has 5 N–H and O–H groups in total. The van der Waals surface area contributed by atoms with Gasteiger partial charge < -0.3 is 20.7 Å². The molecule has 3 heterocycles. The van der Waals surface area contributed by atoms with Crippen molar-refractivity contribution in [2.45, 2.75) is 69.7 Å². The Hall–Kier alpha value is -3.76. The van der Waals surface area contributed by atoms with E-state index in [2.05, 4.69) is 26.4 Å². The number of anilines is 2. The van der Waals surface area contributed by atoms with Crippen molar-refractivity contribution in [3.8, 4) is 0 Å². The van der Waals surface area contributed by atoms with E-state index in [0.29, 0.717) is 36.4 Å². The summed E-state index contributed by atoms with van der Waals surface area (Å²) in [7, 11) is 0. The number of nitrogens with zero attached hydrogens (tertiary/aromatic N) is 4. The minimum absolute atomic E-state index is 0.00955. The van der Waals surface area contributed by atoms with Crippen molar-refractivity contribution in [3.05, 3.63) is 60.0 Å². The Morgan fingerprint density at radius 2 is 2.03 bits per heavy atom. The zero-order chi connectivity index (χ0) is 26.4. The van der Waals surface area contributed by atoms with Crippen molar-refractivity contribution >= 4 is 34.1 Å². The molecule has 2 aliphatic carbocycles. The lowest BCUT2D eigenvalue weighted by Gasteiger charge is -2.28. The highest BCUT2D eigenvalue weighted by molar-refractivity contribution is 5.87. The number of hydrogen-bond acceptors (Lipinski definition) is 8. The normalized spacial score (nSPS) is 25.5. The van der Waals surface area contributed by atoms with E-state index in [4.69, 9.17) is 10.5 Å². The number of aliphatic hydroxyl groups excluding tert-OH is 2. The lowest BCUT2D eigenvalue weighted by atomic mass is 9.80. The molecule has 10 heteroatoms. The van der Waals surface area contributed by atoms with Crippen molar-refractivity contribution in [2.24, 2.45) is 5.41 Å². The van der Waals surface area contributed by atoms with E-state index in [1.54, 1.807) is 10.6 Å². The van der Waals surface area contributed by atoms with Crippen molar-refractivity contribution < 1.29 is 19.7 Å². The first-order chi connectivity index (χ1) is 18.3. The van der Waals surface area contributed by atoms with Crippen LogP contribution in [0.2, 0.25) is 0 Å². The summed E-state index contributed by atoms with van der Waals surface area (Å²) in [4.78, 5) is 20.8. The minimum atomic E-state index is -0.916. The smallest absolute Gasteiger partial charge is 0.413 e. The molecule has 0 unspecified atom stereocenters. The third-order valence-electron chi connectivity index (χ3n) is 8.32. The van der Waals surface area contributed by atoms with E-state index in [1.165, 1.54) is 6.33 Å². The number of nitrogens with two attached hydrogens (primary N) is 1. The van der Waals surface area contributed by atoms with Gasteiger partial charge in [0.15, 0.2) is 5.82 Å². The second-order valence-electron chi connectivity index (χ2n) is 10.9. The first-order valence-corrected chi connectivity index (χ1v) is 13.1. The fraction of sp³-hybridized carbons (Fsp3) is 0.429. The molecule has 4 atom stereocenters. The van der Waals surface area contributed by atoms with Crippen LogP contribution in [-0.4, -0.2) is 54.2 Å². The van der Waals surface area contributed by atoms with E-state index < -0.39 is 23.7 Å². The van der Waals surface area contributed by atoms with Crippen LogP contribution in [0.1, 0.15) is 56.2 Å². The van der Waals surface area contributed by atoms with Gasteiger partial charge in [0.2, 0.25) is 0 Å². The molecule has 38 heavy (non-hydrogen) atoms. The molecule has 0 aliphatic heterocycles. The Bertz CT molecular complexity index is 1500. The summed E-state index contributed by atoms with van der Waals surface area (Å²) in [5, 5.41) is 30.1. The van der Waals surface area contributed by atoms with Gasteiger partial charge in [0, 0.05) is 17.0 Å². The van der Waals surface area contributed by atoms with Gasteiger partial charge in [0.1, 0.15) is 23.8 Å². The summed E-state index contributed by atoms with van der Waals surface area (Å²) in [6.45, 7) is 2.02. The standard InChI is InChI=1S/C28H32N6O4/c1-28(14-19(24(35)25(28)36)21-8-9-22-26(29)30-15-31-34(21)22)12-11-16-5-6-17-7-10-23(32-20(17)13-16)33-27(37)38-18-3-2-4-18/h5-10,13,15,18-19,24-25,35-36H,2-4,11-12,14H2,1H3,(H2,29,30,31)(H,32,33,37)/t19-,24-,25-,28-/m0/s1. The highest BCUT2D eigenvalue weighted by Gasteiger charge is 2.50. The predicted molar refractivity (Wildman–Crippen MR) is 143 cm³/mol. The lowest BCUT2D eigenvalue weighted by molar-refractivity contribution is -0.0204. The number of rotatable bonds is 6. The summed E-state index contributed by atoms with van der Waals surface area (Å²) in [5.41, 5.74) is 8.83. The molecule has 0 spiro atoms. The number of aliphatic hydroxyl groups is 2. The largest absolute Gasteiger partial charge is 0.446 e. The van der Waals surface area contributed by atoms with Gasteiger partial charge in [-0.15, -0.1) is 0 Å². The van der Waals surface area contributed by atoms with Gasteiger partial charge in [-0.2, -0.15) is 5.10 Å². The van der Waals surface area contributed by atoms with E-state index in [1.807, 2.05) is 37.3 Å². The number of aromatic nitrogens is 4. The zero-order valence-corrected chi connectivity index (χ0v) is 21.2. The van der Waals surface area contributed by atoms with Crippen molar-refractivity contribution in [2.75, 3.05) is 11.1 Å². The Balaban J connectivity index is 1.16. The second kappa shape index (κ2) is 9.52. The topological polar surface area (TPSA) is 148 Å². The van der Waals surface area contributed by atoms with Crippen molar-refractivity contribution in [1.82, 2.24) is 19.6 Å². The van der Waals surface area contributed by atoms with Gasteiger partial charge in [-0.3, -0.25) is 5.32 Å². The van der Waals surface area contributed by atoms with Crippen LogP contribution < -0.4 is 11.1 Å². The van der Waals surface area contributed by atoms with Gasteiger partial charge in [-0.1, -0.05) is 19.1 Å². The molecule has 3 aromatic heterocycles. The number of carbonyl (C=O) groups is 1. The predicted octanol–water partition coefficient (Wildman–Crippen LogP) is 3.81. The maximum atomic E-state index is 12.1. The van der Waals surface area contributed by atoms with Gasteiger partial charge in [0.05, 0.1) is 17.7 Å². The second-order valence-corrected chi connectivity index (χ2v) is 10.9. The summed E-state index contributed by atoms with van der Waals surface area (Å²) in [6.07, 6.45) is 4.05. The van der Waals surface area contributed by atoms with E-state index in [-0.39, 0.29) is 12.0 Å². The molecule has 6 rings (SSSR count). The molecular formula is C28H32N6O4. The fourth-order valence-electron chi connectivity index (χ4n) is 5.75. The molecule has 2 fully saturated rings. The highest BCUT2D eigenvalue weighted by Crippen LogP contribution is 2.49. The SMILES string of the molecule is C[C@]1(CCc2ccc3ccc(NC(=O)OC4CCC4)nc3c2)C[C@@H](c2ccc3c(N)ncnn23)[C@H](O)[C@@H]1O. The molecule has 198 valence electrons. The monoisotopic (exact) mass is 516 g/mol. The molecule has 0 bridgehead atoms. The Labute approximate surface area is 219 Å². The molecule has 2 aliphatic rings. The Morgan fingerprint density at radius 1 is 1.21 bits per heavy atom. The number of pyridine rings is 1. The third-order valence-corrected chi connectivity index (χ3v) is 8.32. The van der Waals surface area contributed by atoms with Crippen LogP contribution in [0.15, 0.2) is 48.8 Å². The van der Waals surface area contributed by atoms with Crippen LogP contribution in [0.5, 0.6) is 0 Å². The highest BCUT2D eigenvalue weighted by atomic mass is 16.6. The lowest BCUT2D eigenvalue weighted by Crippen LogP contribution is -2.34. The van der Waals surface area contributed by atoms with Crippen LogP contribution in [0.25, 0.3) is 16.4 Å². The molecule has 2 saturated carbocycles. The number of nitrogen functional groups attached to an aromatic ring is 1. The summed E-state index contributed by atoms with van der Waals surface area (Å²) in [6, 6.07) is 13.5. The summed E-state index contributed by atoms with van der Waals surface area (Å²) < 4.78 is 7.07. The minimum Gasteiger partial charge on any atom is -0.446 e. The van der Waals surface area contributed by atoms with Crippen molar-refractivity contribution in [3.63, 3.8) is 0 Å². The molecule has 0 saturated heterocycles. The number of hydrogen-bond donors (Lipinski definition) is 4. The first kappa shape index (κ1) is 24.6. The average molecular weight is 517 g/mol. The maximum Gasteiger partial charge on any atom is 0.413 e. The number of ether oxygens (including phenoxy) is 1. The number of benzene rings is 1. The van der Waals surface area contributed by atoms with Crippen LogP contribution in [0, 0.1) is 5.41 Å². The van der Waals surface area contributed by atoms with Crippen LogP contribution in [-0.2, 0) is 11.2 Å². The molecule has 10 nitrogen and oxygen atoms in total. The number of nitrogens with one attached hydrogen (secondary N) is 1. The van der Waals surface area contributed by atoms with E-state index >= 15 is 0 Å². The van der Waals surface area contributed by atoms with Gasteiger partial charge in [-0.05, 0) is 79.8 Å². The van der Waals surface area contributed by atoms with Gasteiger partial charge in [0.25, 0.3) is 0 Å². The number of amides is 1. The zero-order valence-electron chi connectivity index (χ0n) is 21.2. The Morgan fingerprint density at radius 3 is 2.82 bits per heavy atom. The summed E-state index contributed by atoms with van der Waals surface area (Å²) in [5.74, 6) is 0.547. The van der Waals surface area contributed by atoms with E-state index in [9.17, 15) is 15.0 Å². The molecule has 0 radical (unpaired) electrons. The first-order valence-electron chi connectivity index (χ1n) is 13.1. The molecule has 1 amide bonds. The number of fused-ring (bicyclic) bond motifs is 2. The third kappa shape index (κ3) is 4.43. The molecular weight excluding hydrogens is 484 g/mol. The Kier molecular flexibility index (Phi) is 6.16. The van der Waals surface area contributed by atoms with Crippen LogP contribution in [0.4, 0.5) is 16.4 Å². The fourth-order valence-corrected chi connectivity index (χ4v) is 5.75. The van der Waals surface area contributed by atoms with E-state index in [0.717, 1.165) is 41.4 Å². The average Bonchev–Trinajstić information content (AvgIpc) is 3.41. The maximum absolute atomic E-state index is 12.1. The van der Waals surface area contributed by atoms with Gasteiger partial charge >= 0.3 is 6.09 Å².